The molecular formula is C55H79N9O9S. The molecule has 2 aromatic heterocycles. The average Bonchev–Trinajstić information content (AvgIpc) is 3.99. The molecule has 5 N–H and O–H groups in total. The van der Waals surface area contributed by atoms with Gasteiger partial charge in [0.15, 0.2) is 0 Å². The maximum absolute atomic E-state index is 14.0. The second-order valence-electron chi connectivity index (χ2n) is 20.2. The topological polar surface area (TPSA) is 219 Å². The molecule has 4 amide bonds. The van der Waals surface area contributed by atoms with Gasteiger partial charge in [-0.1, -0.05) is 64.4 Å². The molecule has 1 aliphatic heterocycles. The van der Waals surface area contributed by atoms with E-state index in [-0.39, 0.29) is 43.8 Å². The Balaban J connectivity index is 0.779. The van der Waals surface area contributed by atoms with E-state index in [9.17, 15) is 24.3 Å². The molecular weight excluding hydrogens is 963 g/mol. The molecule has 3 atom stereocenters. The van der Waals surface area contributed by atoms with E-state index in [1.54, 1.807) is 11.3 Å². The number of nitrogens with one attached hydrogen (secondary N) is 4. The number of rotatable bonds is 31. The molecule has 1 aliphatic carbocycles. The molecule has 0 radical (unpaired) electrons. The maximum Gasteiger partial charge on any atom is 0.246 e. The number of likely N-dealkylation sites (tertiary alicyclic amines) is 1. The summed E-state index contributed by atoms with van der Waals surface area (Å²) in [4.78, 5) is 70.8. The zero-order valence-corrected chi connectivity index (χ0v) is 45.1. The van der Waals surface area contributed by atoms with Crippen LogP contribution in [-0.4, -0.2) is 145 Å². The van der Waals surface area contributed by atoms with Gasteiger partial charge in [0.05, 0.1) is 28.8 Å². The standard InChI is InChI=1S/C55H79N9O9S/c1-7-40-34-58-54(62-50(40)56-23-12-24-63(6)52(68)42-15-10-16-42)60-43-17-11-18-45(31-43)73-30-14-28-71-26-9-8-25-70-27-13-29-72-36-47(66)61-49(55(3,4)5)53(69)64-35-44(65)32-46(64)51(67)57-33-39-19-21-41(22-20-39)48-38(2)59-37-74-48/h11,17-22,31,34,37,42,44,46,49,65H,7-10,12-16,23-30,32-33,35-36H2,1-6H3,(H,57,67)(H,61,66)(H2,56,58,60,62)/t44-,46+,49?/m1/s1. The average molecular weight is 1040 g/mol. The number of aromatic nitrogens is 3. The van der Waals surface area contributed by atoms with Crippen molar-refractivity contribution in [3.05, 3.63) is 77.1 Å². The summed E-state index contributed by atoms with van der Waals surface area (Å²) in [5.74, 6) is 1.27. The fourth-order valence-corrected chi connectivity index (χ4v) is 9.46. The lowest BCUT2D eigenvalue weighted by Gasteiger charge is -2.35. The van der Waals surface area contributed by atoms with Gasteiger partial charge in [-0.2, -0.15) is 4.98 Å². The van der Waals surface area contributed by atoms with Gasteiger partial charge in [-0.15, -0.1) is 11.3 Å². The molecule has 2 fully saturated rings. The van der Waals surface area contributed by atoms with Gasteiger partial charge in [0.1, 0.15) is 30.3 Å². The van der Waals surface area contributed by atoms with Gasteiger partial charge >= 0.3 is 0 Å². The van der Waals surface area contributed by atoms with Crippen LogP contribution in [0.3, 0.4) is 0 Å². The number of β-amino-alcohol motifs (C(OH)–C–C–N with tert-alkyl or cyclic N) is 1. The highest BCUT2D eigenvalue weighted by Gasteiger charge is 2.44. The molecule has 2 aliphatic rings. The zero-order valence-electron chi connectivity index (χ0n) is 44.3. The summed E-state index contributed by atoms with van der Waals surface area (Å²) < 4.78 is 23.2. The molecule has 19 heteroatoms. The van der Waals surface area contributed by atoms with Crippen LogP contribution in [0.1, 0.15) is 102 Å². The highest BCUT2D eigenvalue weighted by molar-refractivity contribution is 7.13. The molecule has 4 aromatic rings. The molecule has 0 bridgehead atoms. The van der Waals surface area contributed by atoms with Crippen molar-refractivity contribution in [1.29, 1.82) is 0 Å². The van der Waals surface area contributed by atoms with Crippen LogP contribution in [0.25, 0.3) is 10.4 Å². The molecule has 3 heterocycles. The number of nitrogens with zero attached hydrogens (tertiary/aromatic N) is 5. The third-order valence-corrected chi connectivity index (χ3v) is 14.2. The molecule has 1 unspecified atom stereocenters. The van der Waals surface area contributed by atoms with Gasteiger partial charge < -0.3 is 55.1 Å². The van der Waals surface area contributed by atoms with Gasteiger partial charge in [0.2, 0.25) is 29.6 Å². The van der Waals surface area contributed by atoms with Crippen molar-refractivity contribution in [3.63, 3.8) is 0 Å². The Bertz CT molecular complexity index is 2390. The Hall–Kier alpha value is -5.73. The number of carbonyl (C=O) groups is 4. The van der Waals surface area contributed by atoms with Crippen LogP contribution in [-0.2, 0) is 46.4 Å². The van der Waals surface area contributed by atoms with E-state index >= 15 is 0 Å². The van der Waals surface area contributed by atoms with Crippen LogP contribution >= 0.6 is 11.3 Å². The van der Waals surface area contributed by atoms with Gasteiger partial charge in [0.25, 0.3) is 0 Å². The highest BCUT2D eigenvalue weighted by Crippen LogP contribution is 2.30. The van der Waals surface area contributed by atoms with Gasteiger partial charge in [0, 0.05) is 109 Å². The van der Waals surface area contributed by atoms with Crippen molar-refractivity contribution < 1.29 is 43.2 Å². The Morgan fingerprint density at radius 2 is 1.64 bits per heavy atom. The summed E-state index contributed by atoms with van der Waals surface area (Å²) >= 11 is 1.58. The van der Waals surface area contributed by atoms with Crippen LogP contribution in [0.2, 0.25) is 0 Å². The van der Waals surface area contributed by atoms with E-state index in [4.69, 9.17) is 23.9 Å². The molecule has 18 nitrogen and oxygen atoms in total. The number of carbonyl (C=O) groups excluding carboxylic acids is 4. The summed E-state index contributed by atoms with van der Waals surface area (Å²) in [6.07, 6.45) is 8.97. The molecule has 2 aromatic carbocycles. The van der Waals surface area contributed by atoms with E-state index in [1.165, 1.54) is 4.90 Å². The summed E-state index contributed by atoms with van der Waals surface area (Å²) in [5, 5.41) is 23.1. The summed E-state index contributed by atoms with van der Waals surface area (Å²) in [5.41, 5.74) is 5.91. The number of aliphatic hydroxyl groups is 1. The second-order valence-corrected chi connectivity index (χ2v) is 21.1. The number of hydrogen-bond donors (Lipinski definition) is 5. The van der Waals surface area contributed by atoms with Crippen molar-refractivity contribution in [3.8, 4) is 16.2 Å². The number of thiazole rings is 1. The zero-order chi connectivity index (χ0) is 52.9. The van der Waals surface area contributed by atoms with Crippen LogP contribution < -0.4 is 26.0 Å². The van der Waals surface area contributed by atoms with Crippen LogP contribution in [0.5, 0.6) is 5.75 Å². The molecule has 1 saturated heterocycles. The first-order chi connectivity index (χ1) is 35.7. The van der Waals surface area contributed by atoms with Crippen molar-refractivity contribution >= 4 is 52.4 Å². The van der Waals surface area contributed by atoms with Crippen molar-refractivity contribution in [1.82, 2.24) is 35.4 Å². The lowest BCUT2D eigenvalue weighted by atomic mass is 9.84. The van der Waals surface area contributed by atoms with Crippen LogP contribution in [0, 0.1) is 18.3 Å². The highest BCUT2D eigenvalue weighted by atomic mass is 32.1. The fourth-order valence-electron chi connectivity index (χ4n) is 8.65. The lowest BCUT2D eigenvalue weighted by molar-refractivity contribution is -0.144. The molecule has 6 rings (SSSR count). The fraction of sp³-hybridized carbons (Fsp3) is 0.582. The quantitative estimate of drug-likeness (QED) is 0.0319. The minimum absolute atomic E-state index is 0.00320. The minimum atomic E-state index is -0.941. The number of benzene rings is 2. The molecule has 1 saturated carbocycles. The summed E-state index contributed by atoms with van der Waals surface area (Å²) in [7, 11) is 1.89. The number of ether oxygens (including phenoxy) is 4. The third-order valence-electron chi connectivity index (χ3n) is 13.2. The van der Waals surface area contributed by atoms with E-state index in [2.05, 4.69) is 38.2 Å². The number of unbranched alkanes of at least 4 members (excludes halogenated alkanes) is 1. The maximum atomic E-state index is 14.0. The smallest absolute Gasteiger partial charge is 0.246 e. The van der Waals surface area contributed by atoms with E-state index in [1.807, 2.05) is 99.9 Å². The Labute approximate surface area is 441 Å². The second kappa shape index (κ2) is 29.4. The van der Waals surface area contributed by atoms with Gasteiger partial charge in [-0.3, -0.25) is 19.2 Å². The third kappa shape index (κ3) is 18.0. The number of aryl methyl sites for hydroxylation is 2. The number of amides is 4. The monoisotopic (exact) mass is 1040 g/mol. The first-order valence-electron chi connectivity index (χ1n) is 26.3. The van der Waals surface area contributed by atoms with Gasteiger partial charge in [-0.05, 0) is 80.5 Å². The first kappa shape index (κ1) is 57.5. The Morgan fingerprint density at radius 3 is 2.31 bits per heavy atom. The predicted molar refractivity (Wildman–Crippen MR) is 287 cm³/mol. The number of aliphatic hydroxyl groups excluding tert-OH is 1. The van der Waals surface area contributed by atoms with E-state index < -0.39 is 35.4 Å². The first-order valence-corrected chi connectivity index (χ1v) is 27.2. The largest absolute Gasteiger partial charge is 0.493 e. The molecule has 74 heavy (non-hydrogen) atoms. The summed E-state index contributed by atoms with van der Waals surface area (Å²) in [6, 6.07) is 13.8. The van der Waals surface area contributed by atoms with Crippen LogP contribution in [0.4, 0.5) is 17.5 Å². The Kier molecular flexibility index (Phi) is 22.9. The van der Waals surface area contributed by atoms with Crippen molar-refractivity contribution in [2.45, 2.75) is 124 Å². The summed E-state index contributed by atoms with van der Waals surface area (Å²) in [6.45, 7) is 14.1. The van der Waals surface area contributed by atoms with Crippen molar-refractivity contribution in [2.75, 3.05) is 83.6 Å². The predicted octanol–water partition coefficient (Wildman–Crippen LogP) is 7.07. The lowest BCUT2D eigenvalue weighted by Crippen LogP contribution is -2.58. The van der Waals surface area contributed by atoms with Crippen LogP contribution in [0.15, 0.2) is 60.2 Å². The normalized spacial score (nSPS) is 16.1. The molecule has 0 spiro atoms. The van der Waals surface area contributed by atoms with E-state index in [0.29, 0.717) is 65.1 Å². The minimum Gasteiger partial charge on any atom is -0.493 e. The van der Waals surface area contributed by atoms with E-state index in [0.717, 1.165) is 95.9 Å². The SMILES string of the molecule is CCc1cnc(Nc2cccc(OCCCOCCCCOCCCOCC(=O)NC(C(=O)N3C[C@H](O)C[C@H]3C(=O)NCc3ccc(-c4scnc4C)cc3)C(C)(C)C)c2)nc1NCCCN(C)C(=O)C1CCC1. The number of hydrogen-bond acceptors (Lipinski definition) is 15. The van der Waals surface area contributed by atoms with Gasteiger partial charge in [-0.25, -0.2) is 9.97 Å². The number of anilines is 3. The van der Waals surface area contributed by atoms with Crippen molar-refractivity contribution in [2.24, 2.45) is 11.3 Å². The Morgan fingerprint density at radius 1 is 0.919 bits per heavy atom. The molecule has 404 valence electrons.